The molecule has 0 radical (unpaired) electrons. The lowest BCUT2D eigenvalue weighted by Gasteiger charge is -2.27. The van der Waals surface area contributed by atoms with Crippen molar-refractivity contribution < 1.29 is 36.2 Å². The molecule has 3 heterocycles. The quantitative estimate of drug-likeness (QED) is 0.225. The molecule has 0 atom stereocenters. The molecule has 1 fully saturated rings. The van der Waals surface area contributed by atoms with Crippen molar-refractivity contribution in [3.63, 3.8) is 0 Å². The Kier molecular flexibility index (Phi) is 6.16. The first kappa shape index (κ1) is 23.6. The molecule has 0 spiro atoms. The smallest absolute Gasteiger partial charge is 0.428 e. The number of fused-ring (bicyclic) bond motifs is 1. The number of hydrogen-bond donors (Lipinski definition) is 0. The number of rotatable bonds is 5. The van der Waals surface area contributed by atoms with Gasteiger partial charge < -0.3 is 14.2 Å². The molecule has 2 aromatic carbocycles. The van der Waals surface area contributed by atoms with Crippen LogP contribution in [0.25, 0.3) is 20.8 Å². The molecule has 1 aliphatic heterocycles. The maximum atomic E-state index is 14.5. The standard InChI is InChI=1S/C24H17F5N2O3S/c1-12-10-32-23(33-11-12)13-2-4-18-19(6-13)35-22(31-18)14-3-5-20(30-9-14)24(28,29)34-15-7-16(25)21(27)17(26)8-15/h2-9,12,23H,10-11H2,1H3. The van der Waals surface area contributed by atoms with Crippen LogP contribution < -0.4 is 4.74 Å². The summed E-state index contributed by atoms with van der Waals surface area (Å²) in [5.74, 6) is -5.61. The highest BCUT2D eigenvalue weighted by Crippen LogP contribution is 2.36. The Morgan fingerprint density at radius 3 is 2.37 bits per heavy atom. The Morgan fingerprint density at radius 1 is 1.00 bits per heavy atom. The monoisotopic (exact) mass is 508 g/mol. The minimum atomic E-state index is -4.02. The molecule has 0 unspecified atom stereocenters. The average molecular weight is 508 g/mol. The van der Waals surface area contributed by atoms with E-state index in [-0.39, 0.29) is 0 Å². The molecule has 5 rings (SSSR count). The van der Waals surface area contributed by atoms with Gasteiger partial charge in [0, 0.05) is 35.4 Å². The Hall–Kier alpha value is -3.15. The molecule has 2 aromatic heterocycles. The molecule has 5 nitrogen and oxygen atoms in total. The van der Waals surface area contributed by atoms with Crippen LogP contribution in [0.1, 0.15) is 24.5 Å². The second-order valence-corrected chi connectivity index (χ2v) is 9.13. The molecule has 4 aromatic rings. The second-order valence-electron chi connectivity index (χ2n) is 8.10. The number of pyridine rings is 1. The van der Waals surface area contributed by atoms with Gasteiger partial charge in [0.2, 0.25) is 0 Å². The molecule has 0 N–H and O–H groups in total. The molecule has 11 heteroatoms. The van der Waals surface area contributed by atoms with Crippen molar-refractivity contribution >= 4 is 21.6 Å². The minimum absolute atomic E-state index is 0.330. The van der Waals surface area contributed by atoms with Crippen LogP contribution in [0.2, 0.25) is 0 Å². The highest BCUT2D eigenvalue weighted by atomic mass is 32.1. The van der Waals surface area contributed by atoms with Crippen molar-refractivity contribution in [3.8, 4) is 16.3 Å². The Balaban J connectivity index is 1.35. The summed E-state index contributed by atoms with van der Waals surface area (Å²) >= 11 is 1.35. The predicted molar refractivity (Wildman–Crippen MR) is 117 cm³/mol. The number of nitrogens with zero attached hydrogens (tertiary/aromatic N) is 2. The number of thiazole rings is 1. The van der Waals surface area contributed by atoms with Crippen LogP contribution in [0.15, 0.2) is 48.7 Å². The van der Waals surface area contributed by atoms with E-state index < -0.39 is 41.3 Å². The molecule has 35 heavy (non-hydrogen) atoms. The third kappa shape index (κ3) is 4.84. The Labute approximate surface area is 200 Å². The number of ether oxygens (including phenoxy) is 3. The SMILES string of the molecule is CC1COC(c2ccc3nc(-c4ccc(C(F)(F)Oc5cc(F)c(F)c(F)c5)nc4)sc3c2)OC1. The third-order valence-electron chi connectivity index (χ3n) is 5.26. The fraction of sp³-hybridized carbons (Fsp3) is 0.250. The van der Waals surface area contributed by atoms with E-state index in [0.717, 1.165) is 21.8 Å². The summed E-state index contributed by atoms with van der Waals surface area (Å²) in [5, 5.41) is 0.558. The first-order chi connectivity index (χ1) is 16.7. The van der Waals surface area contributed by atoms with Crippen LogP contribution in [0.4, 0.5) is 22.0 Å². The van der Waals surface area contributed by atoms with Gasteiger partial charge in [0.1, 0.15) is 10.8 Å². The van der Waals surface area contributed by atoms with E-state index in [1.54, 1.807) is 0 Å². The van der Waals surface area contributed by atoms with E-state index in [1.165, 1.54) is 23.6 Å². The summed E-state index contributed by atoms with van der Waals surface area (Å²) in [6.07, 6.45) is -3.27. The van der Waals surface area contributed by atoms with Gasteiger partial charge in [-0.2, -0.15) is 8.78 Å². The lowest BCUT2D eigenvalue weighted by molar-refractivity contribution is -0.202. The normalized spacial score (nSPS) is 18.7. The zero-order valence-corrected chi connectivity index (χ0v) is 18.9. The molecule has 182 valence electrons. The van der Waals surface area contributed by atoms with Crippen molar-refractivity contribution in [1.29, 1.82) is 0 Å². The van der Waals surface area contributed by atoms with E-state index in [9.17, 15) is 22.0 Å². The topological polar surface area (TPSA) is 53.5 Å². The number of hydrogen-bond acceptors (Lipinski definition) is 6. The lowest BCUT2D eigenvalue weighted by Crippen LogP contribution is -2.24. The van der Waals surface area contributed by atoms with Crippen LogP contribution in [0, 0.1) is 23.4 Å². The van der Waals surface area contributed by atoms with Gasteiger partial charge in [-0.05, 0) is 24.3 Å². The average Bonchev–Trinajstić information content (AvgIpc) is 3.26. The van der Waals surface area contributed by atoms with Crippen LogP contribution in [-0.2, 0) is 15.6 Å². The van der Waals surface area contributed by atoms with Crippen molar-refractivity contribution in [3.05, 3.63) is 77.4 Å². The highest BCUT2D eigenvalue weighted by molar-refractivity contribution is 7.21. The molecular formula is C24H17F5N2O3S. The van der Waals surface area contributed by atoms with E-state index in [1.807, 2.05) is 25.1 Å². The van der Waals surface area contributed by atoms with E-state index in [0.29, 0.717) is 41.8 Å². The molecule has 0 bridgehead atoms. The molecular weight excluding hydrogens is 491 g/mol. The van der Waals surface area contributed by atoms with Crippen molar-refractivity contribution in [2.24, 2.45) is 5.92 Å². The molecule has 0 amide bonds. The predicted octanol–water partition coefficient (Wildman–Crippen LogP) is 6.59. The fourth-order valence-corrected chi connectivity index (χ4v) is 4.49. The summed E-state index contributed by atoms with van der Waals surface area (Å²) in [6, 6.07) is 8.70. The van der Waals surface area contributed by atoms with Crippen molar-refractivity contribution in [2.75, 3.05) is 13.2 Å². The molecule has 1 aliphatic rings. The third-order valence-corrected chi connectivity index (χ3v) is 6.33. The van der Waals surface area contributed by atoms with Gasteiger partial charge in [-0.25, -0.2) is 18.2 Å². The molecule has 0 saturated carbocycles. The lowest BCUT2D eigenvalue weighted by atomic mass is 10.1. The number of benzene rings is 2. The minimum Gasteiger partial charge on any atom is -0.428 e. The largest absolute Gasteiger partial charge is 0.444 e. The van der Waals surface area contributed by atoms with Crippen LogP contribution >= 0.6 is 11.3 Å². The molecule has 1 saturated heterocycles. The zero-order valence-electron chi connectivity index (χ0n) is 18.1. The van der Waals surface area contributed by atoms with Gasteiger partial charge in [-0.1, -0.05) is 13.0 Å². The van der Waals surface area contributed by atoms with Gasteiger partial charge >= 0.3 is 6.11 Å². The van der Waals surface area contributed by atoms with Crippen LogP contribution in [-0.4, -0.2) is 23.2 Å². The van der Waals surface area contributed by atoms with E-state index in [2.05, 4.69) is 14.7 Å². The maximum absolute atomic E-state index is 14.5. The van der Waals surface area contributed by atoms with Gasteiger partial charge in [0.15, 0.2) is 29.4 Å². The van der Waals surface area contributed by atoms with E-state index >= 15 is 0 Å². The van der Waals surface area contributed by atoms with Gasteiger partial charge in [-0.15, -0.1) is 11.3 Å². The Bertz CT molecular complexity index is 1350. The summed E-state index contributed by atoms with van der Waals surface area (Å²) in [6.45, 7) is 3.25. The Morgan fingerprint density at radius 2 is 1.71 bits per heavy atom. The van der Waals surface area contributed by atoms with Crippen LogP contribution in [0.3, 0.4) is 0 Å². The summed E-state index contributed by atoms with van der Waals surface area (Å²) in [5.41, 5.74) is 1.27. The second kappa shape index (κ2) is 9.14. The number of alkyl halides is 2. The van der Waals surface area contributed by atoms with Gasteiger partial charge in [0.25, 0.3) is 0 Å². The number of halogens is 5. The number of aromatic nitrogens is 2. The fourth-order valence-electron chi connectivity index (χ4n) is 3.49. The summed E-state index contributed by atoms with van der Waals surface area (Å²) in [4.78, 5) is 8.27. The summed E-state index contributed by atoms with van der Waals surface area (Å²) < 4.78 is 85.4. The van der Waals surface area contributed by atoms with Crippen molar-refractivity contribution in [2.45, 2.75) is 19.3 Å². The first-order valence-corrected chi connectivity index (χ1v) is 11.3. The zero-order chi connectivity index (χ0) is 24.7. The first-order valence-electron chi connectivity index (χ1n) is 10.5. The molecule has 0 aliphatic carbocycles. The van der Waals surface area contributed by atoms with Gasteiger partial charge in [0.05, 0.1) is 23.4 Å². The maximum Gasteiger partial charge on any atom is 0.444 e. The highest BCUT2D eigenvalue weighted by Gasteiger charge is 2.37. The van der Waals surface area contributed by atoms with Gasteiger partial charge in [-0.3, -0.25) is 4.98 Å². The summed E-state index contributed by atoms with van der Waals surface area (Å²) in [7, 11) is 0. The van der Waals surface area contributed by atoms with Crippen LogP contribution in [0.5, 0.6) is 5.75 Å². The van der Waals surface area contributed by atoms with E-state index in [4.69, 9.17) is 9.47 Å². The van der Waals surface area contributed by atoms with Crippen molar-refractivity contribution in [1.82, 2.24) is 9.97 Å².